The van der Waals surface area contributed by atoms with Gasteiger partial charge in [-0.1, -0.05) is 218 Å². The molecule has 10 aromatic carbocycles. The van der Waals surface area contributed by atoms with Gasteiger partial charge >= 0.3 is 0 Å². The second-order valence-corrected chi connectivity index (χ2v) is 16.5. The highest BCUT2D eigenvalue weighted by molar-refractivity contribution is 6.04. The number of hydrogen-bond donors (Lipinski definition) is 0. The third-order valence-corrected chi connectivity index (χ3v) is 13.0. The summed E-state index contributed by atoms with van der Waals surface area (Å²) in [7, 11) is 0. The molecule has 294 valence electrons. The first-order chi connectivity index (χ1) is 31.2. The molecule has 1 aromatic heterocycles. The minimum Gasteiger partial charge on any atom is -0.228 e. The van der Waals surface area contributed by atoms with E-state index in [-0.39, 0.29) is 0 Å². The summed E-state index contributed by atoms with van der Waals surface area (Å²) in [6, 6.07) is 87.7. The van der Waals surface area contributed by atoms with Crippen LogP contribution in [0.25, 0.3) is 88.8 Å². The second kappa shape index (κ2) is 15.1. The topological polar surface area (TPSA) is 25.8 Å². The Hall–Kier alpha value is -8.20. The third kappa shape index (κ3) is 6.10. The summed E-state index contributed by atoms with van der Waals surface area (Å²) in [6.45, 7) is 0. The van der Waals surface area contributed by atoms with Crippen molar-refractivity contribution in [3.05, 3.63) is 265 Å². The molecule has 2 heteroatoms. The molecule has 0 spiro atoms. The molecular weight excluding hydrogens is 761 g/mol. The van der Waals surface area contributed by atoms with Crippen molar-refractivity contribution < 1.29 is 0 Å². The summed E-state index contributed by atoms with van der Waals surface area (Å²) in [5.41, 5.74) is 17.0. The average molecular weight is 801 g/mol. The van der Waals surface area contributed by atoms with E-state index >= 15 is 0 Å². The molecule has 0 saturated carbocycles. The van der Waals surface area contributed by atoms with E-state index in [2.05, 4.69) is 224 Å². The first-order valence-electron chi connectivity index (χ1n) is 21.6. The van der Waals surface area contributed by atoms with Crippen LogP contribution in [0, 0.1) is 0 Å². The van der Waals surface area contributed by atoms with Gasteiger partial charge in [0.2, 0.25) is 0 Å². The number of aromatic nitrogens is 2. The highest BCUT2D eigenvalue weighted by atomic mass is 14.9. The van der Waals surface area contributed by atoms with Gasteiger partial charge in [-0.05, 0) is 101 Å². The largest absolute Gasteiger partial charge is 0.228 e. The molecule has 12 rings (SSSR count). The fourth-order valence-corrected chi connectivity index (χ4v) is 10.1. The van der Waals surface area contributed by atoms with Gasteiger partial charge in [0.05, 0.1) is 16.8 Å². The maximum absolute atomic E-state index is 5.24. The van der Waals surface area contributed by atoms with Crippen molar-refractivity contribution in [3.63, 3.8) is 0 Å². The van der Waals surface area contributed by atoms with E-state index in [0.29, 0.717) is 5.82 Å². The summed E-state index contributed by atoms with van der Waals surface area (Å²) >= 11 is 0. The molecule has 0 bridgehead atoms. The normalized spacial score (nSPS) is 12.6. The Kier molecular flexibility index (Phi) is 8.76. The van der Waals surface area contributed by atoms with Crippen LogP contribution in [0.1, 0.15) is 22.3 Å². The first kappa shape index (κ1) is 36.6. The van der Waals surface area contributed by atoms with Gasteiger partial charge < -0.3 is 0 Å². The summed E-state index contributed by atoms with van der Waals surface area (Å²) in [4.78, 5) is 10.5. The number of nitrogens with zero attached hydrogens (tertiary/aromatic N) is 2. The first-order valence-corrected chi connectivity index (χ1v) is 21.6. The zero-order valence-corrected chi connectivity index (χ0v) is 34.5. The van der Waals surface area contributed by atoms with Crippen molar-refractivity contribution in [1.29, 1.82) is 0 Å². The summed E-state index contributed by atoms with van der Waals surface area (Å²) in [5, 5.41) is 4.70. The number of fused-ring (bicyclic) bond motifs is 5. The molecule has 0 N–H and O–H groups in total. The van der Waals surface area contributed by atoms with Gasteiger partial charge in [-0.15, -0.1) is 0 Å². The molecule has 0 radical (unpaired) electrons. The van der Waals surface area contributed by atoms with Gasteiger partial charge in [-0.25, -0.2) is 9.97 Å². The molecule has 1 heterocycles. The van der Waals surface area contributed by atoms with E-state index in [9.17, 15) is 0 Å². The van der Waals surface area contributed by atoms with Crippen molar-refractivity contribution >= 4 is 21.5 Å². The van der Waals surface area contributed by atoms with Gasteiger partial charge in [0.1, 0.15) is 0 Å². The lowest BCUT2D eigenvalue weighted by atomic mass is 9.67. The Morgan fingerprint density at radius 2 is 0.762 bits per heavy atom. The van der Waals surface area contributed by atoms with Gasteiger partial charge in [0.25, 0.3) is 0 Å². The molecule has 1 aliphatic carbocycles. The minimum absolute atomic E-state index is 0.443. The van der Waals surface area contributed by atoms with E-state index in [1.807, 2.05) is 18.2 Å². The van der Waals surface area contributed by atoms with Crippen molar-refractivity contribution in [3.8, 4) is 67.3 Å². The molecule has 1 aliphatic rings. The number of benzene rings is 10. The van der Waals surface area contributed by atoms with Gasteiger partial charge in [0, 0.05) is 16.7 Å². The molecule has 0 unspecified atom stereocenters. The third-order valence-electron chi connectivity index (χ3n) is 13.0. The number of rotatable bonds is 7. The molecule has 63 heavy (non-hydrogen) atoms. The lowest BCUT2D eigenvalue weighted by molar-refractivity contribution is 0.769. The van der Waals surface area contributed by atoms with Crippen LogP contribution < -0.4 is 0 Å². The summed E-state index contributed by atoms with van der Waals surface area (Å²) < 4.78 is 0. The maximum atomic E-state index is 5.24. The highest BCUT2D eigenvalue weighted by Crippen LogP contribution is 2.56. The van der Waals surface area contributed by atoms with E-state index in [4.69, 9.17) is 9.97 Å². The molecule has 11 aromatic rings. The maximum Gasteiger partial charge on any atom is 0.160 e. The Morgan fingerprint density at radius 3 is 1.46 bits per heavy atom. The van der Waals surface area contributed by atoms with Gasteiger partial charge in [-0.2, -0.15) is 0 Å². The molecule has 0 aliphatic heterocycles. The predicted molar refractivity (Wildman–Crippen MR) is 262 cm³/mol. The van der Waals surface area contributed by atoms with Gasteiger partial charge in [-0.3, -0.25) is 0 Å². The fraction of sp³-hybridized carbons (Fsp3) is 0.0164. The van der Waals surface area contributed by atoms with Crippen LogP contribution in [0.3, 0.4) is 0 Å². The van der Waals surface area contributed by atoms with Gasteiger partial charge in [0.15, 0.2) is 5.82 Å². The Bertz CT molecular complexity index is 3450. The smallest absolute Gasteiger partial charge is 0.160 e. The SMILES string of the molecule is c1ccc(-c2nc(-c3ccc4cc(-c5ccc6c(c5)C(c5ccccc5)(c5ccccc5)c5ccccc5-6)ccc4c3)cc(-c3cccc4c(-c5ccccc5)cccc34)n2)cc1. The van der Waals surface area contributed by atoms with Crippen LogP contribution in [0.4, 0.5) is 0 Å². The highest BCUT2D eigenvalue weighted by Gasteiger charge is 2.46. The standard InChI is InChI=1S/C61H40N2/c1-5-17-41(18-6-1)50-26-15-28-52-51(50)27-16-29-55(52)59-40-58(62-60(63-59)42-19-7-2-8-20-42)47-34-33-43-37-44(31-32-45(43)38-47)46-35-36-54-53-25-13-14-30-56(53)61(57(54)39-46,48-21-9-3-10-22-48)49-23-11-4-12-24-49/h1-40H. The average Bonchev–Trinajstić information content (AvgIpc) is 3.67. The Morgan fingerprint density at radius 1 is 0.270 bits per heavy atom. The van der Waals surface area contributed by atoms with Crippen molar-refractivity contribution in [2.75, 3.05) is 0 Å². The molecule has 0 atom stereocenters. The van der Waals surface area contributed by atoms with Crippen molar-refractivity contribution in [2.24, 2.45) is 0 Å². The molecule has 0 amide bonds. The molecule has 0 fully saturated rings. The van der Waals surface area contributed by atoms with Crippen LogP contribution >= 0.6 is 0 Å². The minimum atomic E-state index is -0.443. The molecular formula is C61H40N2. The second-order valence-electron chi connectivity index (χ2n) is 16.5. The summed E-state index contributed by atoms with van der Waals surface area (Å²) in [6.07, 6.45) is 0. The quantitative estimate of drug-likeness (QED) is 0.160. The van der Waals surface area contributed by atoms with E-state index < -0.39 is 5.41 Å². The van der Waals surface area contributed by atoms with Crippen molar-refractivity contribution in [2.45, 2.75) is 5.41 Å². The van der Waals surface area contributed by atoms with Crippen LogP contribution in [-0.2, 0) is 5.41 Å². The van der Waals surface area contributed by atoms with Crippen LogP contribution in [0.5, 0.6) is 0 Å². The van der Waals surface area contributed by atoms with Crippen LogP contribution in [-0.4, -0.2) is 9.97 Å². The zero-order valence-electron chi connectivity index (χ0n) is 34.5. The molecule has 0 saturated heterocycles. The fourth-order valence-electron chi connectivity index (χ4n) is 10.1. The van der Waals surface area contributed by atoms with Crippen molar-refractivity contribution in [1.82, 2.24) is 9.97 Å². The monoisotopic (exact) mass is 800 g/mol. The van der Waals surface area contributed by atoms with Crippen LogP contribution in [0.15, 0.2) is 243 Å². The Labute approximate surface area is 367 Å². The van der Waals surface area contributed by atoms with E-state index in [1.54, 1.807) is 0 Å². The lowest BCUT2D eigenvalue weighted by Gasteiger charge is -2.34. The lowest BCUT2D eigenvalue weighted by Crippen LogP contribution is -2.28. The van der Waals surface area contributed by atoms with E-state index in [1.165, 1.54) is 66.4 Å². The molecule has 2 nitrogen and oxygen atoms in total. The summed E-state index contributed by atoms with van der Waals surface area (Å²) in [5.74, 6) is 0.704. The number of hydrogen-bond acceptors (Lipinski definition) is 2. The zero-order chi connectivity index (χ0) is 41.7. The Balaban J connectivity index is 0.967. The van der Waals surface area contributed by atoms with Crippen LogP contribution in [0.2, 0.25) is 0 Å². The predicted octanol–water partition coefficient (Wildman–Crippen LogP) is 15.5. The van der Waals surface area contributed by atoms with E-state index in [0.717, 1.165) is 38.9 Å².